The van der Waals surface area contributed by atoms with Crippen LogP contribution < -0.4 is 5.32 Å². The van der Waals surface area contributed by atoms with Gasteiger partial charge in [-0.25, -0.2) is 0 Å². The minimum Gasteiger partial charge on any atom is -0.454 e. The number of hydrogen-bond donors (Lipinski definition) is 6. The molecule has 0 aliphatic carbocycles. The van der Waals surface area contributed by atoms with Crippen LogP contribution in [0, 0.1) is 0 Å². The molecule has 0 radical (unpaired) electrons. The van der Waals surface area contributed by atoms with E-state index in [-0.39, 0.29) is 19.4 Å². The van der Waals surface area contributed by atoms with Crippen LogP contribution in [-0.4, -0.2) is 99.6 Å². The number of carbonyl (C=O) groups excluding carboxylic acids is 2. The monoisotopic (exact) mass is 1050 g/mol. The Morgan fingerprint density at radius 1 is 0.533 bits per heavy atom. The highest BCUT2D eigenvalue weighted by atomic mass is 16.7. The number of unbranched alkanes of at least 4 members (excludes halogenated alkanes) is 15. The molecular formula is C64H105NO10. The van der Waals surface area contributed by atoms with Gasteiger partial charge >= 0.3 is 5.97 Å². The number of amides is 1. The molecule has 11 nitrogen and oxygen atoms in total. The molecule has 1 saturated heterocycles. The standard InChI is InChI=1S/C64H105NO10/c1-4-7-10-13-16-19-22-25-27-28-29-30-31-32-33-36-39-42-45-48-51-57(68)63(72)65-55(56(67)50-47-44-41-38-35-24-21-18-15-12-9-6-3)54-73-64-62(61(71)60(70)58(53-66)74-64)75-59(69)52-49-46-43-40-37-34-26-23-20-17-14-11-8-5-2/h7-8,10-11,16-17,19-20,25-27,29-30,32-34,39,42,47,50,55-58,60-62,64,66-68,70-71H,4-6,9,12-15,18,21-24,28,31,35-38,40-41,43-46,48-49,51-54H2,1-3H3,(H,65,72)/b10-7-,11-8+,19-16-,20-17+,27-25-,30-29-,33-32-,34-26+,42-39-,50-47+. The molecule has 0 saturated carbocycles. The Balaban J connectivity index is 2.77. The molecule has 1 aliphatic heterocycles. The summed E-state index contributed by atoms with van der Waals surface area (Å²) < 4.78 is 17.5. The highest BCUT2D eigenvalue weighted by molar-refractivity contribution is 5.80. The molecular weight excluding hydrogens is 943 g/mol. The third kappa shape index (κ3) is 39.1. The number of ether oxygens (including phenoxy) is 3. The summed E-state index contributed by atoms with van der Waals surface area (Å²) in [4.78, 5) is 26.5. The van der Waals surface area contributed by atoms with Crippen LogP contribution in [0.25, 0.3) is 0 Å². The molecule has 1 aliphatic rings. The van der Waals surface area contributed by atoms with E-state index in [0.717, 1.165) is 109 Å². The van der Waals surface area contributed by atoms with E-state index in [4.69, 9.17) is 14.2 Å². The number of hydrogen-bond acceptors (Lipinski definition) is 10. The van der Waals surface area contributed by atoms with Gasteiger partial charge in [0.15, 0.2) is 12.4 Å². The largest absolute Gasteiger partial charge is 0.454 e. The van der Waals surface area contributed by atoms with Crippen LogP contribution in [0.2, 0.25) is 0 Å². The molecule has 0 spiro atoms. The van der Waals surface area contributed by atoms with Crippen molar-refractivity contribution in [1.82, 2.24) is 5.32 Å². The van der Waals surface area contributed by atoms with Crippen LogP contribution in [0.1, 0.15) is 207 Å². The Hall–Kier alpha value is -3.94. The van der Waals surface area contributed by atoms with Gasteiger partial charge in [0.1, 0.15) is 24.4 Å². The summed E-state index contributed by atoms with van der Waals surface area (Å²) >= 11 is 0. The van der Waals surface area contributed by atoms with Crippen molar-refractivity contribution >= 4 is 11.9 Å². The van der Waals surface area contributed by atoms with Gasteiger partial charge < -0.3 is 45.1 Å². The highest BCUT2D eigenvalue weighted by Crippen LogP contribution is 2.26. The average molecular weight is 1050 g/mol. The maximum Gasteiger partial charge on any atom is 0.306 e. The Bertz CT molecular complexity index is 1680. The van der Waals surface area contributed by atoms with Gasteiger partial charge in [0.25, 0.3) is 0 Å². The van der Waals surface area contributed by atoms with Gasteiger partial charge in [-0.1, -0.05) is 213 Å². The molecule has 1 fully saturated rings. The van der Waals surface area contributed by atoms with Crippen molar-refractivity contribution in [2.45, 2.75) is 256 Å². The van der Waals surface area contributed by atoms with Crippen LogP contribution >= 0.6 is 0 Å². The van der Waals surface area contributed by atoms with Gasteiger partial charge in [-0.3, -0.25) is 9.59 Å². The first-order valence-electron chi connectivity index (χ1n) is 29.3. The van der Waals surface area contributed by atoms with Gasteiger partial charge in [0, 0.05) is 6.42 Å². The maximum atomic E-state index is 13.4. The molecule has 75 heavy (non-hydrogen) atoms. The van der Waals surface area contributed by atoms with E-state index >= 15 is 0 Å². The molecule has 1 heterocycles. The molecule has 0 aromatic carbocycles. The van der Waals surface area contributed by atoms with Gasteiger partial charge in [0.05, 0.1) is 25.4 Å². The molecule has 1 amide bonds. The van der Waals surface area contributed by atoms with Crippen LogP contribution in [0.15, 0.2) is 122 Å². The van der Waals surface area contributed by atoms with E-state index in [9.17, 15) is 35.1 Å². The SMILES string of the molecule is CC/C=C\C/C=C\C/C=C\C/C=C\C/C=C\C/C=C\CCCC(O)C(=O)NC(COC1OC(CO)C(O)C(O)C1OC(=O)CCCCCC/C=C/C/C=C/C/C=C/CC)C(O)/C=C/CCCCCCCCCCCC. The van der Waals surface area contributed by atoms with Crippen LogP contribution in [0.3, 0.4) is 0 Å². The molecule has 0 aromatic heterocycles. The predicted molar refractivity (Wildman–Crippen MR) is 310 cm³/mol. The zero-order valence-electron chi connectivity index (χ0n) is 46.9. The van der Waals surface area contributed by atoms with Gasteiger partial charge in [-0.05, 0) is 109 Å². The van der Waals surface area contributed by atoms with E-state index < -0.39 is 67.4 Å². The van der Waals surface area contributed by atoms with Crippen LogP contribution in [0.4, 0.5) is 0 Å². The fourth-order valence-electron chi connectivity index (χ4n) is 8.26. The number of allylic oxidation sites excluding steroid dienone is 19. The second-order valence-corrected chi connectivity index (χ2v) is 19.6. The first-order chi connectivity index (χ1) is 36.7. The zero-order valence-corrected chi connectivity index (χ0v) is 46.9. The molecule has 8 atom stereocenters. The molecule has 426 valence electrons. The van der Waals surface area contributed by atoms with E-state index in [1.54, 1.807) is 6.08 Å². The Kier molecular flexibility index (Phi) is 46.8. The average Bonchev–Trinajstić information content (AvgIpc) is 3.41. The summed E-state index contributed by atoms with van der Waals surface area (Å²) in [6.45, 7) is 5.49. The van der Waals surface area contributed by atoms with Gasteiger partial charge in [-0.2, -0.15) is 0 Å². The van der Waals surface area contributed by atoms with E-state index in [2.05, 4.69) is 129 Å². The quantitative estimate of drug-likeness (QED) is 0.0195. The van der Waals surface area contributed by atoms with Crippen molar-refractivity contribution in [3.8, 4) is 0 Å². The van der Waals surface area contributed by atoms with Gasteiger partial charge in [-0.15, -0.1) is 0 Å². The lowest BCUT2D eigenvalue weighted by Gasteiger charge is -2.41. The predicted octanol–water partition coefficient (Wildman–Crippen LogP) is 13.5. The smallest absolute Gasteiger partial charge is 0.306 e. The third-order valence-electron chi connectivity index (χ3n) is 12.9. The number of aliphatic hydroxyl groups excluding tert-OH is 5. The van der Waals surface area contributed by atoms with Crippen molar-refractivity contribution in [1.29, 1.82) is 0 Å². The summed E-state index contributed by atoms with van der Waals surface area (Å²) in [5.41, 5.74) is 0. The third-order valence-corrected chi connectivity index (χ3v) is 12.9. The minimum absolute atomic E-state index is 0.0851. The molecule has 8 unspecified atom stereocenters. The Morgan fingerprint density at radius 2 is 0.960 bits per heavy atom. The molecule has 6 N–H and O–H groups in total. The van der Waals surface area contributed by atoms with Crippen molar-refractivity contribution in [2.75, 3.05) is 13.2 Å². The van der Waals surface area contributed by atoms with Crippen molar-refractivity contribution in [3.05, 3.63) is 122 Å². The topological polar surface area (TPSA) is 175 Å². The van der Waals surface area contributed by atoms with Crippen molar-refractivity contribution in [2.24, 2.45) is 0 Å². The summed E-state index contributed by atoms with van der Waals surface area (Å²) in [5.74, 6) is -1.28. The molecule has 0 aromatic rings. The molecule has 1 rings (SSSR count). The first-order valence-corrected chi connectivity index (χ1v) is 29.3. The normalized spacial score (nSPS) is 20.1. The van der Waals surface area contributed by atoms with E-state index in [1.807, 2.05) is 12.2 Å². The lowest BCUT2D eigenvalue weighted by molar-refractivity contribution is -0.305. The number of rotatable bonds is 47. The van der Waals surface area contributed by atoms with Crippen LogP contribution in [0.5, 0.6) is 0 Å². The number of carbonyl (C=O) groups is 2. The summed E-state index contributed by atoms with van der Waals surface area (Å²) in [6, 6.07) is -1.06. The van der Waals surface area contributed by atoms with Crippen LogP contribution in [-0.2, 0) is 23.8 Å². The number of esters is 1. The molecule has 0 bridgehead atoms. The fraction of sp³-hybridized carbons (Fsp3) is 0.656. The van der Waals surface area contributed by atoms with Gasteiger partial charge in [0.2, 0.25) is 5.91 Å². The Morgan fingerprint density at radius 3 is 1.44 bits per heavy atom. The van der Waals surface area contributed by atoms with E-state index in [0.29, 0.717) is 19.3 Å². The summed E-state index contributed by atoms with van der Waals surface area (Å²) in [6.07, 6.45) is 59.6. The lowest BCUT2D eigenvalue weighted by atomic mass is 9.99. The highest BCUT2D eigenvalue weighted by Gasteiger charge is 2.47. The van der Waals surface area contributed by atoms with Crippen molar-refractivity contribution in [3.63, 3.8) is 0 Å². The minimum atomic E-state index is -1.64. The second-order valence-electron chi connectivity index (χ2n) is 19.6. The number of nitrogens with one attached hydrogen (secondary N) is 1. The maximum absolute atomic E-state index is 13.4. The summed E-state index contributed by atoms with van der Waals surface area (Å²) in [5, 5.41) is 56.8. The van der Waals surface area contributed by atoms with Crippen molar-refractivity contribution < 1.29 is 49.3 Å². The fourth-order valence-corrected chi connectivity index (χ4v) is 8.26. The Labute approximate surface area is 455 Å². The second kappa shape index (κ2) is 50.9. The number of aliphatic hydroxyl groups is 5. The molecule has 11 heteroatoms. The summed E-state index contributed by atoms with van der Waals surface area (Å²) in [7, 11) is 0. The first kappa shape index (κ1) is 69.1. The lowest BCUT2D eigenvalue weighted by Crippen LogP contribution is -2.61. The van der Waals surface area contributed by atoms with E-state index in [1.165, 1.54) is 44.9 Å². The zero-order chi connectivity index (χ0) is 54.7.